The van der Waals surface area contributed by atoms with Gasteiger partial charge in [-0.1, -0.05) is 25.8 Å². The lowest BCUT2D eigenvalue weighted by atomic mass is 10.1. The van der Waals surface area contributed by atoms with Crippen molar-refractivity contribution in [3.05, 3.63) is 107 Å². The lowest BCUT2D eigenvalue weighted by molar-refractivity contribution is -0.130. The van der Waals surface area contributed by atoms with Gasteiger partial charge in [-0.25, -0.2) is 0 Å². The van der Waals surface area contributed by atoms with Crippen LogP contribution in [0.4, 0.5) is 17.1 Å². The van der Waals surface area contributed by atoms with Gasteiger partial charge in [0.2, 0.25) is 29.5 Å². The molecular formula is C62H87N17O13. The maximum absolute atomic E-state index is 14.3. The van der Waals surface area contributed by atoms with Crippen molar-refractivity contribution < 1.29 is 62.1 Å². The van der Waals surface area contributed by atoms with Crippen molar-refractivity contribution in [2.45, 2.75) is 122 Å². The van der Waals surface area contributed by atoms with E-state index in [-0.39, 0.29) is 132 Å². The third-order valence-electron chi connectivity index (χ3n) is 13.9. The summed E-state index contributed by atoms with van der Waals surface area (Å²) in [6.45, 7) is 7.18. The second-order valence-electron chi connectivity index (χ2n) is 21.1. The molecule has 1 aliphatic rings. The fourth-order valence-corrected chi connectivity index (χ4v) is 9.05. The standard InChI is InChI=1S/C62H87N17O13/c1-9-10-14-45(65)58(85)75-40-22-27-52(92-8)44(33-40)57(84)78-47(16-12-29-70-36(4)64)60(87)73-37-18-23-41(49(89-5)24-19-37)55(82)77-46(15-11-28-69-35(3)63)59(86)72-34(2)54(81)74-39-21-26-51(91-7)43(32-39)56(83)79-48(17-13-30-71-62(67)68)61(88)76-38-20-25-50(90-6)42(31-38)53(66)80/h18-22,24-27,31-34,45-48H,9-17,23,28-30,65H2,1-8H3,(H2,63,69)(H2,64,70)(H2,66,80)(H,72,86)(H,73,87)(H,74,81)(H,75,85)(H,76,88)(H,77,82)(H,78,84)(H,79,83)(H4,67,68,71)/t34-,45+,46?,47?,48+/m0/s1. The average Bonchev–Trinajstić information content (AvgIpc) is 1.07. The number of methoxy groups -OCH3 is 4. The first kappa shape index (κ1) is 73.9. The summed E-state index contributed by atoms with van der Waals surface area (Å²) in [7, 11) is 5.38. The van der Waals surface area contributed by atoms with Gasteiger partial charge in [0.15, 0.2) is 5.96 Å². The number of aliphatic imine (C=N–C) groups is 3. The molecule has 0 aromatic heterocycles. The fraction of sp³-hybridized carbons (Fsp3) is 0.419. The van der Waals surface area contributed by atoms with Crippen LogP contribution in [0.25, 0.3) is 0 Å². The summed E-state index contributed by atoms with van der Waals surface area (Å²) >= 11 is 0. The largest absolute Gasteiger partial charge is 0.496 e. The monoisotopic (exact) mass is 1280 g/mol. The Bertz CT molecular complexity index is 3330. The van der Waals surface area contributed by atoms with E-state index in [9.17, 15) is 43.2 Å². The number of benzene rings is 3. The quantitative estimate of drug-likeness (QED) is 0.0225. The zero-order valence-corrected chi connectivity index (χ0v) is 53.1. The molecule has 4 rings (SSSR count). The van der Waals surface area contributed by atoms with Crippen LogP contribution in [-0.4, -0.2) is 149 Å². The Morgan fingerprint density at radius 2 is 0.935 bits per heavy atom. The smallest absolute Gasteiger partial charge is 0.255 e. The highest BCUT2D eigenvalue weighted by atomic mass is 16.5. The van der Waals surface area contributed by atoms with Crippen LogP contribution in [0.2, 0.25) is 0 Å². The Labute approximate surface area is 534 Å². The lowest BCUT2D eigenvalue weighted by Gasteiger charge is -2.22. The number of primary amides is 1. The Balaban J connectivity index is 1.52. The van der Waals surface area contributed by atoms with Crippen LogP contribution >= 0.6 is 0 Å². The number of hydrogen-bond donors (Lipinski definition) is 14. The molecule has 0 heterocycles. The van der Waals surface area contributed by atoms with E-state index in [0.717, 1.165) is 12.8 Å². The Morgan fingerprint density at radius 1 is 0.500 bits per heavy atom. The molecule has 498 valence electrons. The van der Waals surface area contributed by atoms with E-state index in [4.69, 9.17) is 53.3 Å². The van der Waals surface area contributed by atoms with Crippen LogP contribution in [-0.2, 0) is 33.5 Å². The van der Waals surface area contributed by atoms with Crippen molar-refractivity contribution in [3.8, 4) is 17.2 Å². The number of ether oxygens (including phenoxy) is 4. The Kier molecular flexibility index (Phi) is 30.1. The number of amides is 9. The molecule has 9 amide bonds. The summed E-state index contributed by atoms with van der Waals surface area (Å²) < 4.78 is 21.8. The second kappa shape index (κ2) is 37.5. The number of nitrogens with two attached hydrogens (primary N) is 6. The van der Waals surface area contributed by atoms with Crippen LogP contribution in [0.5, 0.6) is 17.2 Å². The van der Waals surface area contributed by atoms with Gasteiger partial charge in [0.25, 0.3) is 23.6 Å². The van der Waals surface area contributed by atoms with Gasteiger partial charge in [-0.2, -0.15) is 0 Å². The third kappa shape index (κ3) is 23.8. The van der Waals surface area contributed by atoms with Crippen LogP contribution in [0.3, 0.4) is 0 Å². The fourth-order valence-electron chi connectivity index (χ4n) is 9.05. The van der Waals surface area contributed by atoms with Crippen molar-refractivity contribution in [1.29, 1.82) is 0 Å². The van der Waals surface area contributed by atoms with E-state index in [1.165, 1.54) is 96.0 Å². The molecule has 30 heteroatoms. The normalized spacial score (nSPS) is 13.8. The van der Waals surface area contributed by atoms with Crippen LogP contribution in [0.1, 0.15) is 123 Å². The molecule has 20 N–H and O–H groups in total. The summed E-state index contributed by atoms with van der Waals surface area (Å²) in [5.41, 5.74) is 34.9. The topological polar surface area (TPSA) is 480 Å². The molecule has 0 aliphatic heterocycles. The Morgan fingerprint density at radius 3 is 1.39 bits per heavy atom. The van der Waals surface area contributed by atoms with E-state index >= 15 is 0 Å². The highest BCUT2D eigenvalue weighted by molar-refractivity contribution is 6.06. The molecule has 2 unspecified atom stereocenters. The molecule has 3 aromatic carbocycles. The molecule has 92 heavy (non-hydrogen) atoms. The summed E-state index contributed by atoms with van der Waals surface area (Å²) in [6.07, 6.45) is 7.47. The zero-order valence-electron chi connectivity index (χ0n) is 53.1. The molecule has 0 radical (unpaired) electrons. The van der Waals surface area contributed by atoms with Gasteiger partial charge in [0, 0.05) is 48.8 Å². The number of carbonyl (C=O) groups excluding carboxylic acids is 9. The summed E-state index contributed by atoms with van der Waals surface area (Å²) in [5.74, 6) is -5.25. The van der Waals surface area contributed by atoms with Crippen molar-refractivity contribution in [2.24, 2.45) is 49.4 Å². The number of anilines is 3. The van der Waals surface area contributed by atoms with Gasteiger partial charge in [0.1, 0.15) is 47.2 Å². The highest BCUT2D eigenvalue weighted by Gasteiger charge is 2.30. The van der Waals surface area contributed by atoms with E-state index in [1.54, 1.807) is 26.0 Å². The molecule has 0 bridgehead atoms. The number of rotatable bonds is 36. The van der Waals surface area contributed by atoms with Gasteiger partial charge >= 0.3 is 0 Å². The number of nitrogens with one attached hydrogen (secondary N) is 8. The second-order valence-corrected chi connectivity index (χ2v) is 21.1. The SMILES string of the molecule is CCCC[C@@H](N)C(=O)Nc1ccc(OC)c(C(=O)NC(CCCN=C(C)N)C(=O)NC2=CCC(C(=O)NC(CCCN=C(C)N)C(=O)N[C@@H](C)C(=O)Nc3ccc(OC)c(C(=O)N[C@H](CCCN=C(N)N)C(=O)Nc4ccc(OC)c(C(N)=O)c4)c3)=C(OC)C=C2)c1. The first-order valence-electron chi connectivity index (χ1n) is 29.6. The minimum atomic E-state index is -1.25. The predicted octanol–water partition coefficient (Wildman–Crippen LogP) is 1.96. The molecule has 0 fully saturated rings. The minimum Gasteiger partial charge on any atom is -0.496 e. The average molecular weight is 1280 g/mol. The maximum Gasteiger partial charge on any atom is 0.255 e. The molecule has 0 saturated carbocycles. The van der Waals surface area contributed by atoms with E-state index in [2.05, 4.69) is 57.5 Å². The number of nitrogens with zero attached hydrogens (tertiary/aromatic N) is 3. The molecule has 0 spiro atoms. The molecule has 5 atom stereocenters. The van der Waals surface area contributed by atoms with E-state index < -0.39 is 83.4 Å². The first-order chi connectivity index (χ1) is 43.8. The van der Waals surface area contributed by atoms with Crippen LogP contribution < -0.4 is 91.1 Å². The number of unbranched alkanes of at least 4 members (excludes halogenated alkanes) is 1. The Hall–Kier alpha value is -10.5. The first-order valence-corrected chi connectivity index (χ1v) is 29.6. The minimum absolute atomic E-state index is 0.000642. The van der Waals surface area contributed by atoms with E-state index in [0.29, 0.717) is 24.5 Å². The molecular weight excluding hydrogens is 1190 g/mol. The van der Waals surface area contributed by atoms with Crippen molar-refractivity contribution >= 4 is 87.9 Å². The van der Waals surface area contributed by atoms with Crippen molar-refractivity contribution in [1.82, 2.24) is 26.6 Å². The van der Waals surface area contributed by atoms with Gasteiger partial charge in [-0.05, 0) is 132 Å². The van der Waals surface area contributed by atoms with Gasteiger partial charge < -0.3 is 95.9 Å². The van der Waals surface area contributed by atoms with Gasteiger partial charge in [-0.3, -0.25) is 58.1 Å². The number of carbonyl (C=O) groups is 9. The predicted molar refractivity (Wildman–Crippen MR) is 350 cm³/mol. The molecule has 30 nitrogen and oxygen atoms in total. The summed E-state index contributed by atoms with van der Waals surface area (Å²) in [5, 5.41) is 21.8. The maximum atomic E-state index is 14.3. The highest BCUT2D eigenvalue weighted by Crippen LogP contribution is 2.27. The molecule has 3 aromatic rings. The van der Waals surface area contributed by atoms with Crippen molar-refractivity contribution in [2.75, 3.05) is 64.0 Å². The summed E-state index contributed by atoms with van der Waals surface area (Å²) in [4.78, 5) is 136. The lowest BCUT2D eigenvalue weighted by Crippen LogP contribution is -2.52. The number of guanidine groups is 1. The zero-order chi connectivity index (χ0) is 68.0. The van der Waals surface area contributed by atoms with Crippen LogP contribution in [0.15, 0.2) is 105 Å². The number of hydrogen-bond acceptors (Lipinski definition) is 17. The van der Waals surface area contributed by atoms with Crippen molar-refractivity contribution in [3.63, 3.8) is 0 Å². The third-order valence-corrected chi connectivity index (χ3v) is 13.9. The number of amidine groups is 2. The van der Waals surface area contributed by atoms with Gasteiger partial charge in [-0.15, -0.1) is 0 Å². The van der Waals surface area contributed by atoms with E-state index in [1.807, 2.05) is 6.92 Å². The summed E-state index contributed by atoms with van der Waals surface area (Å²) in [6, 6.07) is 7.28. The molecule has 0 saturated heterocycles. The molecule has 1 aliphatic carbocycles. The van der Waals surface area contributed by atoms with Gasteiger partial charge in [0.05, 0.1) is 68.4 Å². The number of allylic oxidation sites excluding steroid dienone is 3. The van der Waals surface area contributed by atoms with Crippen LogP contribution in [0, 0.1) is 0 Å².